The van der Waals surface area contributed by atoms with Crippen LogP contribution in [0.3, 0.4) is 0 Å². The van der Waals surface area contributed by atoms with E-state index in [1.807, 2.05) is 0 Å². The molecule has 9 saturated heterocycles. The van der Waals surface area contributed by atoms with Crippen molar-refractivity contribution < 1.29 is 247 Å². The number of aliphatic hydroxyl groups excluding tert-OH is 27. The van der Waals surface area contributed by atoms with Gasteiger partial charge in [-0.05, 0) is 6.92 Å². The predicted octanol–water partition coefficient (Wildman–Crippen LogP) is -21.4. The van der Waals surface area contributed by atoms with E-state index in [0.717, 1.165) is 34.6 Å². The largest absolute Gasteiger partial charge is 0.394 e. The van der Waals surface area contributed by atoms with E-state index < -0.39 is 396 Å². The van der Waals surface area contributed by atoms with Crippen molar-refractivity contribution in [2.45, 2.75) is 342 Å². The number of hydrogen-bond acceptors (Lipinski definition) is 50. The van der Waals surface area contributed by atoms with Gasteiger partial charge in [0.25, 0.3) is 0 Å². The molecule has 9 fully saturated rings. The fourth-order valence-corrected chi connectivity index (χ4v) is 15.8. The van der Waals surface area contributed by atoms with E-state index in [4.69, 9.17) is 85.3 Å². The molecule has 5 amide bonds. The SMILES string of the molecule is CC(=O)N[C@H]1[C@H](O[C@@H]([C@H](O)[C@H](O)CO)[C@H](O)CO[C@@H]2O[C@@H](C)[C@@H](O)[C@@H](O)[C@@H]2O)O[C@H](CO)[C@@H](O[C@@H]2O[C@H](CO[C@H]3O[C@H](CO)[C@@H](O)[C@H](O)[C@@H]3O[C@@H]3O[C@H](CO)[C@@H](O[C@@H]4O[C@H](CO)[C@H](O)[C@H](O)[C@H]4NC(C)=O)[C@H](O)[C@H]3NC(C)=O)[C@@H](O)[C@H](O[C@H]3O[C@H](CO)[C@@H](O)[C@H](O)[C@@H]3O[C@@H]3O[C@H](CO)[C@@H](O[C@@H]4O[C@H](CO)[C@H](O)[C@H](O)[C@H]4NC(C)=O)[C@H](O)[C@H]3NC(C)=O)[C@@H]2O)[C@@H]1O. The molecule has 0 aromatic rings. The van der Waals surface area contributed by atoms with E-state index in [2.05, 4.69) is 26.6 Å². The van der Waals surface area contributed by atoms with Crippen molar-refractivity contribution in [1.29, 1.82) is 0 Å². The quantitative estimate of drug-likeness (QED) is 0.0277. The minimum Gasteiger partial charge on any atom is -0.394 e. The number of aliphatic hydroxyl groups is 27. The molecule has 0 saturated carbocycles. The van der Waals surface area contributed by atoms with Gasteiger partial charge in [0.05, 0.1) is 72.2 Å². The van der Waals surface area contributed by atoms with Crippen molar-refractivity contribution >= 4 is 29.5 Å². The second-order valence-electron chi connectivity index (χ2n) is 31.5. The maximum Gasteiger partial charge on any atom is 0.217 e. The predicted molar refractivity (Wildman–Crippen MR) is 388 cm³/mol. The summed E-state index contributed by atoms with van der Waals surface area (Å²) < 4.78 is 107. The molecule has 9 rings (SSSR count). The Hall–Kier alpha value is -4.45. The molecular formula is C70H119N5O50. The number of hydrogen-bond donors (Lipinski definition) is 32. The van der Waals surface area contributed by atoms with Crippen LogP contribution >= 0.6 is 0 Å². The number of rotatable bonds is 36. The summed E-state index contributed by atoms with van der Waals surface area (Å²) in [5.74, 6) is -4.61. The summed E-state index contributed by atoms with van der Waals surface area (Å²) in [6, 6.07) is -9.39. The van der Waals surface area contributed by atoms with Gasteiger partial charge in [-0.1, -0.05) is 0 Å². The van der Waals surface area contributed by atoms with E-state index >= 15 is 0 Å². The second kappa shape index (κ2) is 46.3. The zero-order valence-electron chi connectivity index (χ0n) is 67.8. The van der Waals surface area contributed by atoms with Crippen molar-refractivity contribution in [2.75, 3.05) is 66.1 Å². The van der Waals surface area contributed by atoms with E-state index in [-0.39, 0.29) is 0 Å². The van der Waals surface area contributed by atoms with Crippen LogP contribution in [0.1, 0.15) is 41.5 Å². The summed E-state index contributed by atoms with van der Waals surface area (Å²) in [5, 5.41) is 314. The fourth-order valence-electron chi connectivity index (χ4n) is 15.8. The van der Waals surface area contributed by atoms with Crippen molar-refractivity contribution in [3.8, 4) is 0 Å². The first-order chi connectivity index (χ1) is 59.0. The highest BCUT2D eigenvalue weighted by Gasteiger charge is 2.61. The average Bonchev–Trinajstić information content (AvgIpc) is 0.768. The summed E-state index contributed by atoms with van der Waals surface area (Å²) in [7, 11) is 0. The maximum absolute atomic E-state index is 13.2. The Morgan fingerprint density at radius 2 is 0.592 bits per heavy atom. The van der Waals surface area contributed by atoms with E-state index in [9.17, 15) is 162 Å². The third-order valence-corrected chi connectivity index (χ3v) is 22.5. The minimum absolute atomic E-state index is 0.814. The molecule has 0 spiro atoms. The first-order valence-electron chi connectivity index (χ1n) is 39.9. The minimum atomic E-state index is -2.65. The summed E-state index contributed by atoms with van der Waals surface area (Å²) in [5.41, 5.74) is 0. The maximum atomic E-state index is 13.2. The molecule has 9 heterocycles. The standard InChI is InChI=1S/C70H119N5O50/c1-17-38(91)50(103)53(106)67(110-17)108-15-24(90)55(39(92)23(89)7-76)119-64-35(73-20(4)86)49(102)58(31(14-83)115-64)122-68-54(107)59(123-70-61(52(105)43(96)28(11-80)114-70)125-66-37(75-22(6)88)48(101)57(30(13-82)117-66)121-63-34(72-19(3)85)46(99)41(94)26(9-78)112-63)44(97)32(118-68)16-109-69-60(51(104)42(95)27(10-79)113-69)124-65-36(74-21(5)87)47(100)56(29(12-81)116-65)120-62-33(71-18(2)84)45(98)40(93)25(8-77)111-62/h17,23-70,76-83,89-107H,7-16H2,1-6H3,(H,71,84)(H,72,85)(H,73,86)(H,74,87)(H,75,88)/t17-,23+,24+,25+,26+,27+,28+,29+,30+,31+,32+,33+,34+,35+,36+,37+,38+,39+,40-,41-,42+,43+,44+,45+,46+,47+,48+,49+,50+,51-,52-,53-,54-,55+,56+,57+,58+,59-,60-,61-,62-,63-,64-,65-,66-,67+,68-,69-,70+/m0/s1. The fraction of sp³-hybridized carbons (Fsp3) is 0.929. The topological polar surface area (TPSA) is 858 Å². The molecule has 9 aliphatic heterocycles. The Morgan fingerprint density at radius 3 is 0.976 bits per heavy atom. The lowest BCUT2D eigenvalue weighted by atomic mass is 9.94. The number of amides is 5. The Bertz CT molecular complexity index is 3370. The van der Waals surface area contributed by atoms with E-state index in [1.165, 1.54) is 6.92 Å². The number of nitrogens with one attached hydrogen (secondary N) is 5. The van der Waals surface area contributed by atoms with Crippen LogP contribution in [0.15, 0.2) is 0 Å². The third kappa shape index (κ3) is 24.1. The number of carbonyl (C=O) groups is 5. The molecule has 0 aromatic heterocycles. The van der Waals surface area contributed by atoms with E-state index in [0.29, 0.717) is 0 Å². The van der Waals surface area contributed by atoms with Crippen molar-refractivity contribution in [2.24, 2.45) is 0 Å². The lowest BCUT2D eigenvalue weighted by molar-refractivity contribution is -0.397. The lowest BCUT2D eigenvalue weighted by Crippen LogP contribution is -2.71. The van der Waals surface area contributed by atoms with Crippen LogP contribution < -0.4 is 26.6 Å². The molecule has 0 bridgehead atoms. The molecule has 0 aliphatic carbocycles. The van der Waals surface area contributed by atoms with Crippen LogP contribution in [-0.4, -0.2) is 534 Å². The van der Waals surface area contributed by atoms with Crippen molar-refractivity contribution in [3.05, 3.63) is 0 Å². The molecule has 9 aliphatic rings. The van der Waals surface area contributed by atoms with E-state index in [1.54, 1.807) is 0 Å². The Kier molecular flexibility index (Phi) is 38.6. The van der Waals surface area contributed by atoms with Gasteiger partial charge in [-0.15, -0.1) is 0 Å². The zero-order chi connectivity index (χ0) is 92.5. The molecule has 0 radical (unpaired) electrons. The number of ether oxygens (including phenoxy) is 18. The molecular weight excluding hydrogens is 1710 g/mol. The number of carbonyl (C=O) groups excluding carboxylic acids is 5. The highest BCUT2D eigenvalue weighted by molar-refractivity contribution is 5.75. The second-order valence-corrected chi connectivity index (χ2v) is 31.5. The molecule has 125 heavy (non-hydrogen) atoms. The monoisotopic (exact) mass is 1830 g/mol. The first kappa shape index (κ1) is 104. The van der Waals surface area contributed by atoms with Crippen LogP contribution in [-0.2, 0) is 109 Å². The van der Waals surface area contributed by atoms with Crippen LogP contribution in [0.4, 0.5) is 0 Å². The molecule has 32 N–H and O–H groups in total. The van der Waals surface area contributed by atoms with Gasteiger partial charge in [0.2, 0.25) is 29.5 Å². The van der Waals surface area contributed by atoms with Gasteiger partial charge in [0.1, 0.15) is 238 Å². The van der Waals surface area contributed by atoms with Gasteiger partial charge in [-0.25, -0.2) is 0 Å². The Balaban J connectivity index is 1.07. The lowest BCUT2D eigenvalue weighted by Gasteiger charge is -2.51. The Labute approximate surface area is 709 Å². The van der Waals surface area contributed by atoms with Crippen LogP contribution in [0.5, 0.6) is 0 Å². The van der Waals surface area contributed by atoms with Crippen LogP contribution in [0, 0.1) is 0 Å². The normalized spacial score (nSPS) is 46.1. The molecule has 55 heteroatoms. The Morgan fingerprint density at radius 1 is 0.280 bits per heavy atom. The smallest absolute Gasteiger partial charge is 0.217 e. The van der Waals surface area contributed by atoms with Crippen LogP contribution in [0.25, 0.3) is 0 Å². The summed E-state index contributed by atoms with van der Waals surface area (Å²) in [4.78, 5) is 64.0. The average molecular weight is 1830 g/mol. The summed E-state index contributed by atoms with van der Waals surface area (Å²) >= 11 is 0. The van der Waals surface area contributed by atoms with Gasteiger partial charge in [-0.2, -0.15) is 0 Å². The van der Waals surface area contributed by atoms with Crippen molar-refractivity contribution in [3.63, 3.8) is 0 Å². The molecule has 724 valence electrons. The summed E-state index contributed by atoms with van der Waals surface area (Å²) in [6.07, 6.45) is -92.6. The van der Waals surface area contributed by atoms with Gasteiger partial charge >= 0.3 is 0 Å². The zero-order valence-corrected chi connectivity index (χ0v) is 67.8. The van der Waals surface area contributed by atoms with Crippen molar-refractivity contribution in [1.82, 2.24) is 26.6 Å². The van der Waals surface area contributed by atoms with Gasteiger partial charge in [0.15, 0.2) is 56.6 Å². The van der Waals surface area contributed by atoms with Crippen LogP contribution in [0.2, 0.25) is 0 Å². The molecule has 0 aromatic carbocycles. The van der Waals surface area contributed by atoms with Gasteiger partial charge in [-0.3, -0.25) is 24.0 Å². The third-order valence-electron chi connectivity index (χ3n) is 22.5. The molecule has 55 nitrogen and oxygen atoms in total. The highest BCUT2D eigenvalue weighted by atomic mass is 16.8. The van der Waals surface area contributed by atoms with Gasteiger partial charge in [0, 0.05) is 34.6 Å². The molecule has 0 unspecified atom stereocenters. The summed E-state index contributed by atoms with van der Waals surface area (Å²) in [6.45, 7) is -5.46. The molecule has 49 atom stereocenters. The highest BCUT2D eigenvalue weighted by Crippen LogP contribution is 2.40. The first-order valence-corrected chi connectivity index (χ1v) is 39.9. The van der Waals surface area contributed by atoms with Gasteiger partial charge < -0.3 is 250 Å².